The molecule has 1 aromatic heterocycles. The molecule has 3 rings (SSSR count). The van der Waals surface area contributed by atoms with Gasteiger partial charge in [-0.3, -0.25) is 0 Å². The predicted octanol–water partition coefficient (Wildman–Crippen LogP) is 3.97. The quantitative estimate of drug-likeness (QED) is 0.877. The number of aromatic nitrogens is 2. The molecule has 0 radical (unpaired) electrons. The van der Waals surface area contributed by atoms with Gasteiger partial charge >= 0.3 is 0 Å². The number of halogens is 1. The molecule has 1 aliphatic carbocycles. The van der Waals surface area contributed by atoms with Crippen LogP contribution in [0.1, 0.15) is 35.7 Å². The zero-order valence-corrected chi connectivity index (χ0v) is 13.0. The summed E-state index contributed by atoms with van der Waals surface area (Å²) in [5.41, 5.74) is 2.18. The largest absolute Gasteiger partial charge is 0.373 e. The highest BCUT2D eigenvalue weighted by atomic mass is 35.5. The maximum Gasteiger partial charge on any atom is 0.136 e. The Morgan fingerprint density at radius 2 is 2.00 bits per heavy atom. The third kappa shape index (κ3) is 3.27. The summed E-state index contributed by atoms with van der Waals surface area (Å²) in [7, 11) is 1.90. The molecule has 1 heterocycles. The van der Waals surface area contributed by atoms with E-state index in [1.807, 2.05) is 32.2 Å². The van der Waals surface area contributed by atoms with Gasteiger partial charge in [0.2, 0.25) is 0 Å². The average Bonchev–Trinajstić information content (AvgIpc) is 3.31. The monoisotopic (exact) mass is 302 g/mol. The third-order valence-electron chi connectivity index (χ3n) is 3.69. The van der Waals surface area contributed by atoms with E-state index in [9.17, 15) is 0 Å². The smallest absolute Gasteiger partial charge is 0.136 e. The number of rotatable bonds is 5. The molecule has 4 nitrogen and oxygen atoms in total. The first-order chi connectivity index (χ1) is 10.2. The molecule has 2 N–H and O–H groups in total. The lowest BCUT2D eigenvalue weighted by molar-refractivity contribution is 0.913. The van der Waals surface area contributed by atoms with Crippen LogP contribution >= 0.6 is 11.6 Å². The Bertz CT molecular complexity index is 653. The molecule has 1 aromatic carbocycles. The minimum Gasteiger partial charge on any atom is -0.373 e. The first-order valence-corrected chi connectivity index (χ1v) is 7.60. The summed E-state index contributed by atoms with van der Waals surface area (Å²) in [4.78, 5) is 9.28. The number of hydrogen-bond acceptors (Lipinski definition) is 4. The number of benzene rings is 1. The van der Waals surface area contributed by atoms with Crippen LogP contribution in [-0.2, 0) is 6.54 Å². The van der Waals surface area contributed by atoms with Gasteiger partial charge in [0, 0.05) is 30.1 Å². The molecule has 0 atom stereocenters. The zero-order chi connectivity index (χ0) is 14.8. The van der Waals surface area contributed by atoms with Gasteiger partial charge in [-0.25, -0.2) is 9.97 Å². The highest BCUT2D eigenvalue weighted by Gasteiger charge is 2.28. The summed E-state index contributed by atoms with van der Waals surface area (Å²) in [6, 6.07) is 7.86. The van der Waals surface area contributed by atoms with Crippen molar-refractivity contribution in [2.24, 2.45) is 0 Å². The van der Waals surface area contributed by atoms with Crippen molar-refractivity contribution in [3.8, 4) is 0 Å². The van der Waals surface area contributed by atoms with E-state index in [1.165, 1.54) is 12.8 Å². The Morgan fingerprint density at radius 1 is 1.24 bits per heavy atom. The SMILES string of the molecule is CNc1nc(C2CC2)nc(NCc2cccc(Cl)c2)c1C. The fourth-order valence-electron chi connectivity index (χ4n) is 2.31. The third-order valence-corrected chi connectivity index (χ3v) is 3.93. The molecule has 0 aliphatic heterocycles. The molecular formula is C16H19ClN4. The van der Waals surface area contributed by atoms with Gasteiger partial charge in [0.25, 0.3) is 0 Å². The highest BCUT2D eigenvalue weighted by Crippen LogP contribution is 2.39. The van der Waals surface area contributed by atoms with Gasteiger partial charge in [-0.05, 0) is 37.5 Å². The Balaban J connectivity index is 1.82. The number of nitrogens with one attached hydrogen (secondary N) is 2. The van der Waals surface area contributed by atoms with Crippen LogP contribution in [0.2, 0.25) is 5.02 Å². The first-order valence-electron chi connectivity index (χ1n) is 7.22. The molecule has 110 valence electrons. The number of nitrogens with zero attached hydrogens (tertiary/aromatic N) is 2. The lowest BCUT2D eigenvalue weighted by Crippen LogP contribution is -2.09. The van der Waals surface area contributed by atoms with Gasteiger partial charge in [-0.15, -0.1) is 0 Å². The van der Waals surface area contributed by atoms with E-state index in [-0.39, 0.29) is 0 Å². The van der Waals surface area contributed by atoms with Crippen LogP contribution in [0.4, 0.5) is 11.6 Å². The van der Waals surface area contributed by atoms with Gasteiger partial charge in [-0.2, -0.15) is 0 Å². The number of hydrogen-bond donors (Lipinski definition) is 2. The predicted molar refractivity (Wildman–Crippen MR) is 87.1 cm³/mol. The summed E-state index contributed by atoms with van der Waals surface area (Å²) in [5, 5.41) is 7.31. The Hall–Kier alpha value is -1.81. The van der Waals surface area contributed by atoms with Gasteiger partial charge in [0.05, 0.1) is 0 Å². The standard InChI is InChI=1S/C16H19ClN4/c1-10-14(18-2)20-16(12-6-7-12)21-15(10)19-9-11-4-3-5-13(17)8-11/h3-5,8,12H,6-7,9H2,1-2H3,(H2,18,19,20,21). The van der Waals surface area contributed by atoms with E-state index in [2.05, 4.69) is 26.7 Å². The summed E-state index contributed by atoms with van der Waals surface area (Å²) < 4.78 is 0. The van der Waals surface area contributed by atoms with Crippen molar-refractivity contribution < 1.29 is 0 Å². The fraction of sp³-hybridized carbons (Fsp3) is 0.375. The molecule has 0 spiro atoms. The molecule has 0 amide bonds. The Morgan fingerprint density at radius 3 is 2.67 bits per heavy atom. The van der Waals surface area contributed by atoms with Crippen molar-refractivity contribution in [2.45, 2.75) is 32.2 Å². The molecular weight excluding hydrogens is 284 g/mol. The molecule has 0 bridgehead atoms. The fourth-order valence-corrected chi connectivity index (χ4v) is 2.52. The van der Waals surface area contributed by atoms with Crippen LogP contribution in [0.25, 0.3) is 0 Å². The van der Waals surface area contributed by atoms with Gasteiger partial charge < -0.3 is 10.6 Å². The molecule has 0 saturated heterocycles. The summed E-state index contributed by atoms with van der Waals surface area (Å²) in [6.07, 6.45) is 2.39. The van der Waals surface area contributed by atoms with Crippen LogP contribution in [0, 0.1) is 6.92 Å². The van der Waals surface area contributed by atoms with Crippen LogP contribution in [0.15, 0.2) is 24.3 Å². The summed E-state index contributed by atoms with van der Waals surface area (Å²) in [6.45, 7) is 2.73. The van der Waals surface area contributed by atoms with Crippen molar-refractivity contribution in [2.75, 3.05) is 17.7 Å². The second kappa shape index (κ2) is 5.90. The molecule has 5 heteroatoms. The topological polar surface area (TPSA) is 49.8 Å². The second-order valence-corrected chi connectivity index (χ2v) is 5.85. The van der Waals surface area contributed by atoms with E-state index in [0.29, 0.717) is 12.5 Å². The first kappa shape index (κ1) is 14.1. The van der Waals surface area contributed by atoms with Gasteiger partial charge in [-0.1, -0.05) is 23.7 Å². The normalized spacial score (nSPS) is 14.0. The minimum absolute atomic E-state index is 0.532. The van der Waals surface area contributed by atoms with E-state index in [4.69, 9.17) is 11.6 Å². The lowest BCUT2D eigenvalue weighted by Gasteiger charge is -2.13. The van der Waals surface area contributed by atoms with E-state index in [0.717, 1.165) is 33.6 Å². The summed E-state index contributed by atoms with van der Waals surface area (Å²) in [5.74, 6) is 3.28. The molecule has 2 aromatic rings. The highest BCUT2D eigenvalue weighted by molar-refractivity contribution is 6.30. The lowest BCUT2D eigenvalue weighted by atomic mass is 10.2. The minimum atomic E-state index is 0.532. The van der Waals surface area contributed by atoms with Gasteiger partial charge in [0.15, 0.2) is 0 Å². The van der Waals surface area contributed by atoms with Gasteiger partial charge in [0.1, 0.15) is 17.5 Å². The molecule has 1 aliphatic rings. The van der Waals surface area contributed by atoms with Crippen molar-refractivity contribution in [1.82, 2.24) is 9.97 Å². The van der Waals surface area contributed by atoms with E-state index in [1.54, 1.807) is 0 Å². The Labute approximate surface area is 130 Å². The van der Waals surface area contributed by atoms with Crippen LogP contribution < -0.4 is 10.6 Å². The molecule has 21 heavy (non-hydrogen) atoms. The molecule has 1 saturated carbocycles. The maximum absolute atomic E-state index is 6.02. The van der Waals surface area contributed by atoms with Crippen molar-refractivity contribution >= 4 is 23.2 Å². The Kier molecular flexibility index (Phi) is 3.97. The zero-order valence-electron chi connectivity index (χ0n) is 12.3. The van der Waals surface area contributed by atoms with Crippen LogP contribution in [0.3, 0.4) is 0 Å². The summed E-state index contributed by atoms with van der Waals surface area (Å²) >= 11 is 6.02. The van der Waals surface area contributed by atoms with Crippen LogP contribution in [0.5, 0.6) is 0 Å². The average molecular weight is 303 g/mol. The van der Waals surface area contributed by atoms with Crippen molar-refractivity contribution in [1.29, 1.82) is 0 Å². The molecule has 1 fully saturated rings. The maximum atomic E-state index is 6.02. The van der Waals surface area contributed by atoms with Crippen LogP contribution in [-0.4, -0.2) is 17.0 Å². The van der Waals surface area contributed by atoms with E-state index < -0.39 is 0 Å². The van der Waals surface area contributed by atoms with Crippen molar-refractivity contribution in [3.05, 3.63) is 46.2 Å². The number of anilines is 2. The second-order valence-electron chi connectivity index (χ2n) is 5.41. The van der Waals surface area contributed by atoms with Crippen molar-refractivity contribution in [3.63, 3.8) is 0 Å². The van der Waals surface area contributed by atoms with E-state index >= 15 is 0 Å². The molecule has 0 unspecified atom stereocenters.